The Bertz CT molecular complexity index is 227. The van der Waals surface area contributed by atoms with Crippen molar-refractivity contribution in [3.63, 3.8) is 0 Å². The molecule has 0 heterocycles. The van der Waals surface area contributed by atoms with E-state index in [0.29, 0.717) is 25.3 Å². The number of nitrogens with one attached hydrogen (secondary N) is 1. The molecule has 0 radical (unpaired) electrons. The van der Waals surface area contributed by atoms with Gasteiger partial charge in [0.05, 0.1) is 5.60 Å². The Hall–Kier alpha value is -0.290. The maximum absolute atomic E-state index is 12.0. The van der Waals surface area contributed by atoms with Gasteiger partial charge in [-0.3, -0.25) is 0 Å². The van der Waals surface area contributed by atoms with Crippen LogP contribution in [0.1, 0.15) is 53.4 Å². The van der Waals surface area contributed by atoms with E-state index in [0.717, 1.165) is 0 Å². The minimum Gasteiger partial charge on any atom is -0.389 e. The summed E-state index contributed by atoms with van der Waals surface area (Å²) in [7, 11) is 0. The summed E-state index contributed by atoms with van der Waals surface area (Å²) < 4.78 is 35.9. The molecule has 0 aromatic carbocycles. The van der Waals surface area contributed by atoms with E-state index in [1.165, 1.54) is 0 Å². The molecule has 0 saturated heterocycles. The Morgan fingerprint density at radius 3 is 2.17 bits per heavy atom. The van der Waals surface area contributed by atoms with Crippen molar-refractivity contribution in [3.05, 3.63) is 0 Å². The van der Waals surface area contributed by atoms with Gasteiger partial charge >= 0.3 is 6.18 Å². The number of hydrogen-bond acceptors (Lipinski definition) is 2. The summed E-state index contributed by atoms with van der Waals surface area (Å²) in [6.07, 6.45) is -3.53. The SMILES string of the molecule is CC(C)CC(C)(O)CNC(C)CCCC(F)(F)F. The molecular weight excluding hydrogens is 243 g/mol. The fraction of sp³-hybridized carbons (Fsp3) is 1.00. The molecule has 0 aliphatic heterocycles. The molecule has 0 amide bonds. The van der Waals surface area contributed by atoms with Crippen LogP contribution in [0.2, 0.25) is 0 Å². The smallest absolute Gasteiger partial charge is 0.389 e. The van der Waals surface area contributed by atoms with Crippen LogP contribution in [0.5, 0.6) is 0 Å². The second-order valence-electron chi connectivity index (χ2n) is 5.88. The van der Waals surface area contributed by atoms with Gasteiger partial charge < -0.3 is 10.4 Å². The molecule has 0 rings (SSSR count). The topological polar surface area (TPSA) is 32.3 Å². The van der Waals surface area contributed by atoms with Gasteiger partial charge in [0, 0.05) is 19.0 Å². The highest BCUT2D eigenvalue weighted by Gasteiger charge is 2.27. The van der Waals surface area contributed by atoms with E-state index in [4.69, 9.17) is 0 Å². The van der Waals surface area contributed by atoms with Crippen molar-refractivity contribution in [2.45, 2.75) is 71.2 Å². The molecule has 0 fully saturated rings. The minimum atomic E-state index is -4.07. The lowest BCUT2D eigenvalue weighted by Crippen LogP contribution is -2.42. The van der Waals surface area contributed by atoms with Crippen molar-refractivity contribution in [1.82, 2.24) is 5.32 Å². The number of aliphatic hydroxyl groups is 1. The summed E-state index contributed by atoms with van der Waals surface area (Å²) in [6, 6.07) is -0.00835. The fourth-order valence-corrected chi connectivity index (χ4v) is 2.06. The maximum atomic E-state index is 12.0. The average Bonchev–Trinajstić information content (AvgIpc) is 2.10. The van der Waals surface area contributed by atoms with E-state index < -0.39 is 18.2 Å². The molecule has 0 spiro atoms. The molecule has 2 N–H and O–H groups in total. The molecule has 0 aromatic rings. The highest BCUT2D eigenvalue weighted by atomic mass is 19.4. The highest BCUT2D eigenvalue weighted by Crippen LogP contribution is 2.22. The van der Waals surface area contributed by atoms with Crippen LogP contribution in [-0.2, 0) is 0 Å². The Labute approximate surface area is 108 Å². The van der Waals surface area contributed by atoms with Crippen LogP contribution < -0.4 is 5.32 Å². The zero-order valence-electron chi connectivity index (χ0n) is 11.8. The van der Waals surface area contributed by atoms with Crippen LogP contribution >= 0.6 is 0 Å². The molecule has 110 valence electrons. The number of hydrogen-bond donors (Lipinski definition) is 2. The predicted octanol–water partition coefficient (Wildman–Crippen LogP) is 3.49. The first kappa shape index (κ1) is 17.7. The molecule has 0 saturated carbocycles. The molecule has 18 heavy (non-hydrogen) atoms. The summed E-state index contributed by atoms with van der Waals surface area (Å²) in [5.74, 6) is 0.391. The number of rotatable bonds is 8. The summed E-state index contributed by atoms with van der Waals surface area (Å²) in [6.45, 7) is 8.07. The van der Waals surface area contributed by atoms with Crippen LogP contribution in [-0.4, -0.2) is 29.5 Å². The van der Waals surface area contributed by atoms with Crippen LogP contribution in [0, 0.1) is 5.92 Å². The first-order valence-electron chi connectivity index (χ1n) is 6.54. The number of alkyl halides is 3. The third kappa shape index (κ3) is 10.8. The van der Waals surface area contributed by atoms with Crippen molar-refractivity contribution in [1.29, 1.82) is 0 Å². The quantitative estimate of drug-likeness (QED) is 0.707. The Morgan fingerprint density at radius 1 is 1.17 bits per heavy atom. The summed E-state index contributed by atoms with van der Waals surface area (Å²) in [4.78, 5) is 0. The van der Waals surface area contributed by atoms with Gasteiger partial charge in [-0.05, 0) is 39.0 Å². The van der Waals surface area contributed by atoms with E-state index in [1.807, 2.05) is 20.8 Å². The Kier molecular flexibility index (Phi) is 7.22. The van der Waals surface area contributed by atoms with Crippen molar-refractivity contribution in [3.8, 4) is 0 Å². The van der Waals surface area contributed by atoms with Crippen LogP contribution in [0.25, 0.3) is 0 Å². The van der Waals surface area contributed by atoms with E-state index in [2.05, 4.69) is 5.32 Å². The van der Waals surface area contributed by atoms with Crippen molar-refractivity contribution in [2.75, 3.05) is 6.54 Å². The summed E-state index contributed by atoms with van der Waals surface area (Å²) >= 11 is 0. The van der Waals surface area contributed by atoms with Gasteiger partial charge in [0.2, 0.25) is 0 Å². The second kappa shape index (κ2) is 7.34. The summed E-state index contributed by atoms with van der Waals surface area (Å²) in [5.41, 5.74) is -0.799. The highest BCUT2D eigenvalue weighted by molar-refractivity contribution is 4.78. The lowest BCUT2D eigenvalue weighted by Gasteiger charge is -2.27. The van der Waals surface area contributed by atoms with Crippen molar-refractivity contribution in [2.24, 2.45) is 5.92 Å². The molecule has 0 aliphatic carbocycles. The van der Waals surface area contributed by atoms with Crippen molar-refractivity contribution >= 4 is 0 Å². The Balaban J connectivity index is 3.79. The van der Waals surface area contributed by atoms with Gasteiger partial charge in [0.25, 0.3) is 0 Å². The number of halogens is 3. The predicted molar refractivity (Wildman–Crippen MR) is 67.4 cm³/mol. The van der Waals surface area contributed by atoms with Gasteiger partial charge in [0.15, 0.2) is 0 Å². The molecular formula is C13H26F3NO. The molecule has 0 aliphatic rings. The molecule has 2 unspecified atom stereocenters. The first-order chi connectivity index (χ1) is 8.02. The van der Waals surface area contributed by atoms with Crippen LogP contribution in [0.15, 0.2) is 0 Å². The van der Waals surface area contributed by atoms with E-state index in [9.17, 15) is 18.3 Å². The van der Waals surface area contributed by atoms with Gasteiger partial charge in [-0.2, -0.15) is 13.2 Å². The average molecular weight is 269 g/mol. The zero-order chi connectivity index (χ0) is 14.4. The standard InChI is InChI=1S/C13H26F3NO/c1-10(2)8-12(4,18)9-17-11(3)6-5-7-13(14,15)16/h10-11,17-18H,5-9H2,1-4H3. The molecule has 0 bridgehead atoms. The minimum absolute atomic E-state index is 0.00835. The lowest BCUT2D eigenvalue weighted by atomic mass is 9.94. The lowest BCUT2D eigenvalue weighted by molar-refractivity contribution is -0.135. The van der Waals surface area contributed by atoms with Crippen LogP contribution in [0.4, 0.5) is 13.2 Å². The van der Waals surface area contributed by atoms with Gasteiger partial charge in [-0.15, -0.1) is 0 Å². The third-order valence-electron chi connectivity index (χ3n) is 2.78. The normalized spacial score (nSPS) is 17.8. The Morgan fingerprint density at radius 2 is 1.72 bits per heavy atom. The monoisotopic (exact) mass is 269 g/mol. The van der Waals surface area contributed by atoms with Crippen molar-refractivity contribution < 1.29 is 18.3 Å². The second-order valence-corrected chi connectivity index (χ2v) is 5.88. The van der Waals surface area contributed by atoms with Crippen LogP contribution in [0.3, 0.4) is 0 Å². The van der Waals surface area contributed by atoms with Gasteiger partial charge in [-0.25, -0.2) is 0 Å². The molecule has 2 atom stereocenters. The third-order valence-corrected chi connectivity index (χ3v) is 2.78. The van der Waals surface area contributed by atoms with E-state index in [1.54, 1.807) is 6.92 Å². The molecule has 0 aromatic heterocycles. The first-order valence-corrected chi connectivity index (χ1v) is 6.54. The maximum Gasteiger partial charge on any atom is 0.389 e. The summed E-state index contributed by atoms with van der Waals surface area (Å²) in [5, 5.41) is 13.1. The fourth-order valence-electron chi connectivity index (χ4n) is 2.06. The van der Waals surface area contributed by atoms with E-state index in [-0.39, 0.29) is 12.5 Å². The van der Waals surface area contributed by atoms with Gasteiger partial charge in [0.1, 0.15) is 0 Å². The van der Waals surface area contributed by atoms with E-state index >= 15 is 0 Å². The largest absolute Gasteiger partial charge is 0.389 e. The molecule has 5 heteroatoms. The van der Waals surface area contributed by atoms with Gasteiger partial charge in [-0.1, -0.05) is 13.8 Å². The molecule has 2 nitrogen and oxygen atoms in total. The zero-order valence-corrected chi connectivity index (χ0v) is 11.8.